The number of nitrogens with zero attached hydrogens (tertiary/aromatic N) is 1. The van der Waals surface area contributed by atoms with Crippen LogP contribution >= 0.6 is 0 Å². The van der Waals surface area contributed by atoms with Crippen LogP contribution in [0.4, 0.5) is 18.9 Å². The topological polar surface area (TPSA) is 110 Å². The van der Waals surface area contributed by atoms with Crippen molar-refractivity contribution in [3.8, 4) is 0 Å². The largest absolute Gasteiger partial charge is 0.416 e. The molecule has 1 heterocycles. The van der Waals surface area contributed by atoms with E-state index in [2.05, 4.69) is 5.32 Å². The molecule has 2 atom stereocenters. The summed E-state index contributed by atoms with van der Waals surface area (Å²) in [6.45, 7) is 1.65. The quantitative estimate of drug-likeness (QED) is 0.722. The molecule has 1 aliphatic rings. The number of hydrogen-bond donors (Lipinski definition) is 2. The van der Waals surface area contributed by atoms with E-state index in [1.165, 1.54) is 41.3 Å². The lowest BCUT2D eigenvalue weighted by Gasteiger charge is -2.20. The van der Waals surface area contributed by atoms with Crippen LogP contribution in [-0.2, 0) is 25.8 Å². The van der Waals surface area contributed by atoms with Crippen LogP contribution in [0.2, 0.25) is 0 Å². The van der Waals surface area contributed by atoms with Gasteiger partial charge in [-0.15, -0.1) is 0 Å². The summed E-state index contributed by atoms with van der Waals surface area (Å²) >= 11 is 0. The third-order valence-electron chi connectivity index (χ3n) is 5.05. The molecular weight excluding hydrogens is 435 g/mol. The molecule has 0 spiro atoms. The van der Waals surface area contributed by atoms with E-state index in [0.717, 1.165) is 12.1 Å². The molecule has 166 valence electrons. The lowest BCUT2D eigenvalue weighted by atomic mass is 10.1. The second-order valence-electron chi connectivity index (χ2n) is 7.30. The molecule has 1 saturated heterocycles. The van der Waals surface area contributed by atoms with Crippen molar-refractivity contribution in [2.45, 2.75) is 30.5 Å². The third kappa shape index (κ3) is 5.23. The predicted molar refractivity (Wildman–Crippen MR) is 106 cm³/mol. The molecule has 3 N–H and O–H groups in total. The lowest BCUT2D eigenvalue weighted by Crippen LogP contribution is -2.34. The zero-order valence-corrected chi connectivity index (χ0v) is 17.2. The van der Waals surface area contributed by atoms with Crippen molar-refractivity contribution in [3.63, 3.8) is 0 Å². The van der Waals surface area contributed by atoms with Crippen LogP contribution in [-0.4, -0.2) is 26.8 Å². The first kappa shape index (κ1) is 22.8. The van der Waals surface area contributed by atoms with E-state index in [4.69, 9.17) is 5.14 Å². The Labute approximate surface area is 177 Å². The van der Waals surface area contributed by atoms with Gasteiger partial charge in [-0.25, -0.2) is 13.6 Å². The molecule has 0 radical (unpaired) electrons. The number of sulfonamides is 1. The average molecular weight is 455 g/mol. The van der Waals surface area contributed by atoms with Crippen molar-refractivity contribution in [1.29, 1.82) is 0 Å². The summed E-state index contributed by atoms with van der Waals surface area (Å²) in [5.41, 5.74) is -0.163. The number of rotatable bonds is 5. The molecule has 7 nitrogen and oxygen atoms in total. The van der Waals surface area contributed by atoms with E-state index in [0.29, 0.717) is 5.56 Å². The minimum atomic E-state index is -4.54. The van der Waals surface area contributed by atoms with E-state index < -0.39 is 45.5 Å². The maximum Gasteiger partial charge on any atom is 0.416 e. The molecule has 3 rings (SSSR count). The maximum absolute atomic E-state index is 12.9. The highest BCUT2D eigenvalue weighted by atomic mass is 32.2. The SMILES string of the molecule is C[C@@H](NC(=O)[C@@H]1CC(=O)N(c2cccc(C(F)(F)F)c2)C1)c1ccc(S(N)(=O)=O)cc1. The van der Waals surface area contributed by atoms with Gasteiger partial charge >= 0.3 is 6.18 Å². The molecule has 1 fully saturated rings. The number of primary sulfonamides is 1. The fraction of sp³-hybridized carbons (Fsp3) is 0.300. The Morgan fingerprint density at radius 2 is 1.84 bits per heavy atom. The van der Waals surface area contributed by atoms with Crippen LogP contribution in [0.5, 0.6) is 0 Å². The molecule has 0 aromatic heterocycles. The minimum Gasteiger partial charge on any atom is -0.349 e. The summed E-state index contributed by atoms with van der Waals surface area (Å²) in [7, 11) is -3.83. The highest BCUT2D eigenvalue weighted by molar-refractivity contribution is 7.89. The molecule has 0 unspecified atom stereocenters. The summed E-state index contributed by atoms with van der Waals surface area (Å²) in [6, 6.07) is 9.59. The Kier molecular flexibility index (Phi) is 6.10. The smallest absolute Gasteiger partial charge is 0.349 e. The second kappa shape index (κ2) is 8.31. The van der Waals surface area contributed by atoms with Crippen LogP contribution in [0.25, 0.3) is 0 Å². The van der Waals surface area contributed by atoms with E-state index in [-0.39, 0.29) is 23.5 Å². The third-order valence-corrected chi connectivity index (χ3v) is 5.98. The monoisotopic (exact) mass is 455 g/mol. The van der Waals surface area contributed by atoms with Crippen LogP contribution in [0.3, 0.4) is 0 Å². The van der Waals surface area contributed by atoms with Gasteiger partial charge in [-0.1, -0.05) is 18.2 Å². The summed E-state index contributed by atoms with van der Waals surface area (Å²) in [5.74, 6) is -1.59. The van der Waals surface area contributed by atoms with Gasteiger partial charge in [0.2, 0.25) is 21.8 Å². The first-order valence-electron chi connectivity index (χ1n) is 9.27. The van der Waals surface area contributed by atoms with Gasteiger partial charge in [0, 0.05) is 18.7 Å². The van der Waals surface area contributed by atoms with Crippen LogP contribution in [0.1, 0.15) is 30.5 Å². The van der Waals surface area contributed by atoms with Crippen LogP contribution in [0, 0.1) is 5.92 Å². The second-order valence-corrected chi connectivity index (χ2v) is 8.86. The van der Waals surface area contributed by atoms with Crippen LogP contribution in [0.15, 0.2) is 53.4 Å². The van der Waals surface area contributed by atoms with Crippen molar-refractivity contribution in [2.75, 3.05) is 11.4 Å². The number of amides is 2. The lowest BCUT2D eigenvalue weighted by molar-refractivity contribution is -0.137. The highest BCUT2D eigenvalue weighted by Crippen LogP contribution is 2.33. The summed E-state index contributed by atoms with van der Waals surface area (Å²) in [4.78, 5) is 26.1. The van der Waals surface area contributed by atoms with Crippen molar-refractivity contribution in [1.82, 2.24) is 5.32 Å². The minimum absolute atomic E-state index is 0.0386. The van der Waals surface area contributed by atoms with Gasteiger partial charge in [-0.2, -0.15) is 13.2 Å². The number of benzene rings is 2. The number of carbonyl (C=O) groups excluding carboxylic acids is 2. The van der Waals surface area contributed by atoms with Gasteiger partial charge in [-0.05, 0) is 42.8 Å². The number of nitrogens with two attached hydrogens (primary N) is 1. The molecule has 0 bridgehead atoms. The molecule has 1 aliphatic heterocycles. The van der Waals surface area contributed by atoms with Gasteiger partial charge in [-0.3, -0.25) is 9.59 Å². The molecule has 2 aromatic rings. The molecule has 31 heavy (non-hydrogen) atoms. The number of carbonyl (C=O) groups is 2. The zero-order valence-electron chi connectivity index (χ0n) is 16.4. The predicted octanol–water partition coefficient (Wildman–Crippen LogP) is 2.58. The van der Waals surface area contributed by atoms with Gasteiger partial charge in [0.1, 0.15) is 0 Å². The fourth-order valence-corrected chi connectivity index (χ4v) is 3.86. The van der Waals surface area contributed by atoms with E-state index >= 15 is 0 Å². The Hall–Kier alpha value is -2.92. The molecular formula is C20H20F3N3O4S. The van der Waals surface area contributed by atoms with Crippen molar-refractivity contribution in [2.24, 2.45) is 11.1 Å². The number of alkyl halides is 3. The first-order valence-corrected chi connectivity index (χ1v) is 10.8. The Morgan fingerprint density at radius 3 is 2.42 bits per heavy atom. The maximum atomic E-state index is 12.9. The van der Waals surface area contributed by atoms with Gasteiger partial charge in [0.25, 0.3) is 0 Å². The molecule has 0 aliphatic carbocycles. The van der Waals surface area contributed by atoms with Crippen molar-refractivity contribution in [3.05, 3.63) is 59.7 Å². The van der Waals surface area contributed by atoms with E-state index in [1.807, 2.05) is 0 Å². The number of nitrogens with one attached hydrogen (secondary N) is 1. The normalized spacial score (nSPS) is 18.2. The molecule has 2 amide bonds. The van der Waals surface area contributed by atoms with Crippen molar-refractivity contribution < 1.29 is 31.2 Å². The fourth-order valence-electron chi connectivity index (χ4n) is 3.34. The van der Waals surface area contributed by atoms with Gasteiger partial charge in [0.05, 0.1) is 22.4 Å². The highest BCUT2D eigenvalue weighted by Gasteiger charge is 2.37. The number of anilines is 1. The molecule has 2 aromatic carbocycles. The number of hydrogen-bond acceptors (Lipinski definition) is 4. The molecule has 11 heteroatoms. The Bertz CT molecular complexity index is 1100. The average Bonchev–Trinajstić information content (AvgIpc) is 3.08. The standard InChI is InChI=1S/C20H20F3N3O4S/c1-12(13-5-7-17(8-6-13)31(24,29)30)25-19(28)14-9-18(27)26(11-14)16-4-2-3-15(10-16)20(21,22)23/h2-8,10,12,14H,9,11H2,1H3,(H,25,28)(H2,24,29,30)/t12-,14-/m1/s1. The first-order chi connectivity index (χ1) is 14.4. The Balaban J connectivity index is 1.68. The molecule has 0 saturated carbocycles. The van der Waals surface area contributed by atoms with Crippen LogP contribution < -0.4 is 15.4 Å². The van der Waals surface area contributed by atoms with E-state index in [1.54, 1.807) is 6.92 Å². The van der Waals surface area contributed by atoms with Gasteiger partial charge in [0.15, 0.2) is 0 Å². The summed E-state index contributed by atoms with van der Waals surface area (Å²) < 4.78 is 61.5. The Morgan fingerprint density at radius 1 is 1.19 bits per heavy atom. The van der Waals surface area contributed by atoms with E-state index in [9.17, 15) is 31.2 Å². The number of halogens is 3. The van der Waals surface area contributed by atoms with Gasteiger partial charge < -0.3 is 10.2 Å². The van der Waals surface area contributed by atoms with Crippen molar-refractivity contribution >= 4 is 27.5 Å². The zero-order chi connectivity index (χ0) is 23.0. The summed E-state index contributed by atoms with van der Waals surface area (Å²) in [6.07, 6.45) is -4.66. The summed E-state index contributed by atoms with van der Waals surface area (Å²) in [5, 5.41) is 7.80.